The molecule has 2 heterocycles. The van der Waals surface area contributed by atoms with Gasteiger partial charge >= 0.3 is 6.09 Å². The van der Waals surface area contributed by atoms with Crippen molar-refractivity contribution in [3.63, 3.8) is 0 Å². The van der Waals surface area contributed by atoms with Crippen molar-refractivity contribution in [3.8, 4) is 39.8 Å². The van der Waals surface area contributed by atoms with Crippen LogP contribution in [0.15, 0.2) is 113 Å². The molecule has 0 aliphatic rings. The van der Waals surface area contributed by atoms with Gasteiger partial charge < -0.3 is 30.0 Å². The number of tetrazole rings is 1. The lowest BCUT2D eigenvalue weighted by atomic mass is 10.00. The zero-order chi connectivity index (χ0) is 46.2. The van der Waals surface area contributed by atoms with Gasteiger partial charge in [0.15, 0.2) is 5.82 Å². The van der Waals surface area contributed by atoms with Crippen LogP contribution in [0.4, 0.5) is 10.6 Å². The molecule has 18 nitrogen and oxygen atoms in total. The Hall–Kier alpha value is -6.61. The SMILES string of the molecule is COc1ccc(CN(Cc2ccc(OC)cc2)S(=O)(=O)c2c(S(=O)(=O)NC(C)CNC(=O)OC(C)(C)C)ccc(-c3ccc(N)nc3)c2-c2nnnn2Cc2ccc(OC)cc2)cc1. The van der Waals surface area contributed by atoms with Gasteiger partial charge in [0.2, 0.25) is 20.0 Å². The van der Waals surface area contributed by atoms with E-state index in [1.807, 2.05) is 0 Å². The van der Waals surface area contributed by atoms with Crippen molar-refractivity contribution in [3.05, 3.63) is 120 Å². The average molecular weight is 914 g/mol. The first kappa shape index (κ1) is 46.9. The van der Waals surface area contributed by atoms with Crippen molar-refractivity contribution in [2.24, 2.45) is 0 Å². The Morgan fingerprint density at radius 2 is 1.33 bits per heavy atom. The van der Waals surface area contributed by atoms with Gasteiger partial charge in [-0.05, 0) is 115 Å². The van der Waals surface area contributed by atoms with Crippen molar-refractivity contribution in [2.75, 3.05) is 33.6 Å². The van der Waals surface area contributed by atoms with Crippen LogP contribution in [-0.4, -0.2) is 91.9 Å². The molecule has 0 fully saturated rings. The lowest BCUT2D eigenvalue weighted by molar-refractivity contribution is 0.0524. The number of anilines is 1. The van der Waals surface area contributed by atoms with Crippen molar-refractivity contribution >= 4 is 32.0 Å². The van der Waals surface area contributed by atoms with Gasteiger partial charge in [-0.2, -0.15) is 4.31 Å². The second kappa shape index (κ2) is 19.8. The maximum atomic E-state index is 16.0. The van der Waals surface area contributed by atoms with Gasteiger partial charge in [-0.1, -0.05) is 42.5 Å². The number of nitrogens with one attached hydrogen (secondary N) is 2. The topological polar surface area (TPSA) is 232 Å². The van der Waals surface area contributed by atoms with Crippen LogP contribution in [0.2, 0.25) is 0 Å². The number of carbonyl (C=O) groups is 1. The van der Waals surface area contributed by atoms with Crippen LogP contribution in [0.3, 0.4) is 0 Å². The van der Waals surface area contributed by atoms with E-state index in [1.165, 1.54) is 48.5 Å². The summed E-state index contributed by atoms with van der Waals surface area (Å²) >= 11 is 0. The summed E-state index contributed by atoms with van der Waals surface area (Å²) in [5, 5.41) is 15.2. The Morgan fingerprint density at radius 1 is 0.781 bits per heavy atom. The van der Waals surface area contributed by atoms with Crippen LogP contribution < -0.4 is 30.0 Å². The summed E-state index contributed by atoms with van der Waals surface area (Å²) < 4.78 is 88.2. The summed E-state index contributed by atoms with van der Waals surface area (Å²) in [7, 11) is -5.10. The summed E-state index contributed by atoms with van der Waals surface area (Å²) in [4.78, 5) is 15.6. The maximum absolute atomic E-state index is 16.0. The number of nitrogen functional groups attached to an aromatic ring is 1. The van der Waals surface area contributed by atoms with E-state index in [4.69, 9.17) is 24.7 Å². The smallest absolute Gasteiger partial charge is 0.407 e. The minimum absolute atomic E-state index is 0.0508. The summed E-state index contributed by atoms with van der Waals surface area (Å²) in [5.74, 6) is 1.86. The van der Waals surface area contributed by atoms with Gasteiger partial charge in [0.25, 0.3) is 0 Å². The van der Waals surface area contributed by atoms with Crippen LogP contribution in [0.25, 0.3) is 22.5 Å². The van der Waals surface area contributed by atoms with Crippen molar-refractivity contribution < 1.29 is 40.6 Å². The molecule has 6 aromatic rings. The second-order valence-electron chi connectivity index (χ2n) is 15.7. The van der Waals surface area contributed by atoms with E-state index in [0.29, 0.717) is 33.9 Å². The van der Waals surface area contributed by atoms with Gasteiger partial charge in [-0.15, -0.1) is 5.10 Å². The highest BCUT2D eigenvalue weighted by atomic mass is 32.2. The quantitative estimate of drug-likeness (QED) is 0.0948. The molecule has 1 unspecified atom stereocenters. The molecule has 20 heteroatoms. The molecular weight excluding hydrogens is 863 g/mol. The standard InChI is InChI=1S/C44H51N9O9S2/c1-29(24-47-43(54)62-44(2,3)4)49-63(55,56)38-22-21-37(33-14-23-39(45)46-25-33)40(42-48-50-51-53(42)28-32-12-19-36(61-7)20-13-32)41(38)64(57,58)52(26-30-8-15-34(59-5)16-9-30)27-31-10-17-35(60-6)18-11-31/h8-23,25,29,49H,24,26-28H2,1-7H3,(H2,45,46)(H,47,54). The number of hydrogen-bond acceptors (Lipinski definition) is 14. The van der Waals surface area contributed by atoms with Crippen LogP contribution in [0, 0.1) is 0 Å². The van der Waals surface area contributed by atoms with E-state index in [2.05, 4.69) is 30.5 Å². The summed E-state index contributed by atoms with van der Waals surface area (Å²) in [6, 6.07) is 25.7. The normalized spacial score (nSPS) is 12.4. The molecule has 64 heavy (non-hydrogen) atoms. The summed E-state index contributed by atoms with van der Waals surface area (Å²) in [6.07, 6.45) is 0.688. The van der Waals surface area contributed by atoms with Gasteiger partial charge in [0.1, 0.15) is 38.5 Å². The fourth-order valence-corrected chi connectivity index (χ4v) is 10.3. The molecule has 0 radical (unpaired) electrons. The number of rotatable bonds is 18. The monoisotopic (exact) mass is 913 g/mol. The van der Waals surface area contributed by atoms with Gasteiger partial charge in [-0.3, -0.25) is 0 Å². The van der Waals surface area contributed by atoms with Crippen molar-refractivity contribution in [2.45, 2.75) is 68.8 Å². The number of hydrogen-bond donors (Lipinski definition) is 3. The molecule has 1 amide bonds. The van der Waals surface area contributed by atoms with E-state index < -0.39 is 47.6 Å². The predicted molar refractivity (Wildman–Crippen MR) is 239 cm³/mol. The minimum atomic E-state index is -4.93. The van der Waals surface area contributed by atoms with Crippen LogP contribution in [0.5, 0.6) is 17.2 Å². The number of nitrogens with two attached hydrogens (primary N) is 1. The molecule has 0 aliphatic heterocycles. The number of nitrogens with zero attached hydrogens (tertiary/aromatic N) is 6. The molecule has 6 rings (SSSR count). The lowest BCUT2D eigenvalue weighted by Crippen LogP contribution is -2.43. The molecule has 0 saturated heterocycles. The number of amides is 1. The predicted octanol–water partition coefficient (Wildman–Crippen LogP) is 5.64. The number of alkyl carbamates (subject to hydrolysis) is 1. The van der Waals surface area contributed by atoms with E-state index in [1.54, 1.807) is 113 Å². The molecular formula is C44H51N9O9S2. The first-order chi connectivity index (χ1) is 30.4. The first-order valence-corrected chi connectivity index (χ1v) is 22.9. The molecule has 0 spiro atoms. The van der Waals surface area contributed by atoms with E-state index >= 15 is 8.42 Å². The Bertz CT molecular complexity index is 2710. The van der Waals surface area contributed by atoms with Gasteiger partial charge in [0, 0.05) is 37.4 Å². The van der Waals surface area contributed by atoms with E-state index in [-0.39, 0.29) is 48.9 Å². The van der Waals surface area contributed by atoms with Crippen LogP contribution in [0.1, 0.15) is 44.4 Å². The zero-order valence-electron chi connectivity index (χ0n) is 36.5. The highest BCUT2D eigenvalue weighted by Crippen LogP contribution is 2.42. The van der Waals surface area contributed by atoms with Crippen molar-refractivity contribution in [1.29, 1.82) is 0 Å². The van der Waals surface area contributed by atoms with Gasteiger partial charge in [0.05, 0.1) is 33.4 Å². The summed E-state index contributed by atoms with van der Waals surface area (Å²) in [6.45, 7) is 6.06. The Labute approximate surface area is 372 Å². The Balaban J connectivity index is 1.60. The second-order valence-corrected chi connectivity index (χ2v) is 19.2. The van der Waals surface area contributed by atoms with Crippen LogP contribution in [-0.2, 0) is 44.4 Å². The molecule has 2 aromatic heterocycles. The average Bonchev–Trinajstić information content (AvgIpc) is 3.72. The highest BCUT2D eigenvalue weighted by Gasteiger charge is 2.38. The first-order valence-electron chi connectivity index (χ1n) is 19.9. The Morgan fingerprint density at radius 3 is 1.83 bits per heavy atom. The molecule has 0 aliphatic carbocycles. The molecule has 338 valence electrons. The van der Waals surface area contributed by atoms with Crippen LogP contribution >= 0.6 is 0 Å². The van der Waals surface area contributed by atoms with E-state index in [0.717, 1.165) is 5.56 Å². The van der Waals surface area contributed by atoms with E-state index in [9.17, 15) is 13.2 Å². The lowest BCUT2D eigenvalue weighted by Gasteiger charge is -2.27. The molecule has 4 N–H and O–H groups in total. The fourth-order valence-electron chi connectivity index (χ4n) is 6.60. The Kier molecular flexibility index (Phi) is 14.5. The number of aromatic nitrogens is 5. The molecule has 0 saturated carbocycles. The third-order valence-corrected chi connectivity index (χ3v) is 13.3. The number of sulfonamides is 2. The van der Waals surface area contributed by atoms with Gasteiger partial charge in [-0.25, -0.2) is 36.0 Å². The third-order valence-electron chi connectivity index (χ3n) is 9.70. The zero-order valence-corrected chi connectivity index (χ0v) is 38.1. The largest absolute Gasteiger partial charge is 0.497 e. The minimum Gasteiger partial charge on any atom is -0.497 e. The number of carbonyl (C=O) groups excluding carboxylic acids is 1. The summed E-state index contributed by atoms with van der Waals surface area (Å²) in [5.41, 5.74) is 7.58. The number of pyridine rings is 1. The number of benzene rings is 4. The highest BCUT2D eigenvalue weighted by molar-refractivity contribution is 7.92. The molecule has 1 atom stereocenters. The third kappa shape index (κ3) is 11.5. The van der Waals surface area contributed by atoms with Crippen molar-refractivity contribution in [1.82, 2.24) is 39.5 Å². The molecule has 4 aromatic carbocycles. The molecule has 0 bridgehead atoms. The number of ether oxygens (including phenoxy) is 4. The number of methoxy groups -OCH3 is 3. The fraction of sp³-hybridized carbons (Fsp3) is 0.295. The maximum Gasteiger partial charge on any atom is 0.407 e.